The van der Waals surface area contributed by atoms with E-state index >= 15 is 0 Å². The highest BCUT2D eigenvalue weighted by atomic mass is 127. The third-order valence-electron chi connectivity index (χ3n) is 2.92. The number of thioether (sulfide) groups is 1. The first-order valence-electron chi connectivity index (χ1n) is 6.15. The van der Waals surface area contributed by atoms with Crippen LogP contribution in [0.25, 0.3) is 11.0 Å². The Bertz CT molecular complexity index is 677. The lowest BCUT2D eigenvalue weighted by Gasteiger charge is -2.13. The Morgan fingerprint density at radius 1 is 1.62 bits per heavy atom. The molecule has 1 N–H and O–H groups in total. The molecule has 0 amide bonds. The molecule has 1 atom stereocenters. The minimum Gasteiger partial charge on any atom is -0.481 e. The molecule has 2 aromatic rings. The fraction of sp³-hybridized carbons (Fsp3) is 0.385. The van der Waals surface area contributed by atoms with Gasteiger partial charge in [0.05, 0.1) is 33.0 Å². The minimum absolute atomic E-state index is 0.0890. The van der Waals surface area contributed by atoms with Gasteiger partial charge in [-0.1, -0.05) is 11.8 Å². The Hall–Kier alpha value is -0.870. The van der Waals surface area contributed by atoms with Crippen LogP contribution >= 0.6 is 34.4 Å². The van der Waals surface area contributed by atoms with Crippen LogP contribution in [-0.4, -0.2) is 39.6 Å². The summed E-state index contributed by atoms with van der Waals surface area (Å²) in [5.41, 5.74) is 1.29. The van der Waals surface area contributed by atoms with E-state index in [1.807, 2.05) is 29.5 Å². The molecule has 1 unspecified atom stereocenters. The number of ether oxygens (including phenoxy) is 1. The molecular formula is C13H14FIN2O3S. The number of aliphatic carboxylic acids is 1. The molecule has 8 heteroatoms. The minimum atomic E-state index is -0.917. The van der Waals surface area contributed by atoms with Crippen molar-refractivity contribution in [3.8, 4) is 0 Å². The Kier molecular flexibility index (Phi) is 5.44. The van der Waals surface area contributed by atoms with Crippen LogP contribution in [-0.2, 0) is 16.1 Å². The number of carboxylic acids is 1. The first kappa shape index (κ1) is 16.5. The van der Waals surface area contributed by atoms with Gasteiger partial charge in [-0.3, -0.25) is 4.79 Å². The number of hydrogen-bond donors (Lipinski definition) is 1. The van der Waals surface area contributed by atoms with E-state index in [1.54, 1.807) is 17.7 Å². The number of imidazole rings is 1. The molecule has 1 heterocycles. The van der Waals surface area contributed by atoms with Gasteiger partial charge < -0.3 is 14.4 Å². The lowest BCUT2D eigenvalue weighted by atomic mass is 10.3. The number of carboxylic acid groups (broad SMARTS) is 1. The summed E-state index contributed by atoms with van der Waals surface area (Å²) in [6, 6.07) is 3.08. The molecule has 0 saturated heterocycles. The fourth-order valence-electron chi connectivity index (χ4n) is 1.84. The lowest BCUT2D eigenvalue weighted by molar-refractivity contribution is -0.133. The summed E-state index contributed by atoms with van der Waals surface area (Å²) < 4.78 is 21.3. The smallest absolute Gasteiger partial charge is 0.313 e. The summed E-state index contributed by atoms with van der Waals surface area (Å²) in [5, 5.41) is 9.37. The summed E-state index contributed by atoms with van der Waals surface area (Å²) >= 11 is 3.03. The lowest BCUT2D eigenvalue weighted by Crippen LogP contribution is -2.15. The zero-order valence-corrected chi connectivity index (χ0v) is 14.4. The number of fused-ring (bicyclic) bond motifs is 1. The van der Waals surface area contributed by atoms with Crippen molar-refractivity contribution >= 4 is 51.4 Å². The third-order valence-corrected chi connectivity index (χ3v) is 4.71. The van der Waals surface area contributed by atoms with E-state index in [9.17, 15) is 9.18 Å². The number of hydrogen-bond acceptors (Lipinski definition) is 4. The molecule has 0 radical (unpaired) electrons. The van der Waals surface area contributed by atoms with Gasteiger partial charge in [-0.15, -0.1) is 0 Å². The van der Waals surface area contributed by atoms with E-state index in [2.05, 4.69) is 4.98 Å². The number of benzene rings is 1. The molecule has 0 saturated carbocycles. The zero-order chi connectivity index (χ0) is 15.6. The quantitative estimate of drug-likeness (QED) is 0.571. The molecule has 0 fully saturated rings. The fourth-order valence-corrected chi connectivity index (χ4v) is 3.04. The van der Waals surface area contributed by atoms with Crippen LogP contribution in [0.4, 0.5) is 4.39 Å². The molecular weight excluding hydrogens is 410 g/mol. The standard InChI is InChI=1S/C13H14FIN2O3S/c1-7(20-2)5-17-11-3-8(14)9(15)4-10(11)16-13(17)21-6-12(18)19/h3-4,7H,5-6H2,1-2H3,(H,18,19). The van der Waals surface area contributed by atoms with E-state index < -0.39 is 5.97 Å². The van der Waals surface area contributed by atoms with Crippen molar-refractivity contribution < 1.29 is 19.0 Å². The van der Waals surface area contributed by atoms with Crippen molar-refractivity contribution in [1.82, 2.24) is 9.55 Å². The number of carbonyl (C=O) groups is 1. The van der Waals surface area contributed by atoms with Crippen molar-refractivity contribution in [2.75, 3.05) is 12.9 Å². The molecule has 0 aliphatic heterocycles. The molecule has 1 aromatic heterocycles. The highest BCUT2D eigenvalue weighted by molar-refractivity contribution is 14.1. The summed E-state index contributed by atoms with van der Waals surface area (Å²) in [5.74, 6) is -1.33. The van der Waals surface area contributed by atoms with E-state index in [0.29, 0.717) is 26.3 Å². The van der Waals surface area contributed by atoms with Gasteiger partial charge >= 0.3 is 5.97 Å². The molecule has 1 aromatic carbocycles. The number of rotatable bonds is 6. The van der Waals surface area contributed by atoms with E-state index in [0.717, 1.165) is 11.8 Å². The van der Waals surface area contributed by atoms with E-state index in [4.69, 9.17) is 9.84 Å². The van der Waals surface area contributed by atoms with E-state index in [-0.39, 0.29) is 17.7 Å². The van der Waals surface area contributed by atoms with Crippen LogP contribution in [0.5, 0.6) is 0 Å². The Morgan fingerprint density at radius 2 is 2.33 bits per heavy atom. The predicted octanol–water partition coefficient (Wildman–Crippen LogP) is 2.99. The molecule has 5 nitrogen and oxygen atoms in total. The van der Waals surface area contributed by atoms with Gasteiger partial charge in [0.2, 0.25) is 0 Å². The van der Waals surface area contributed by atoms with Crippen molar-refractivity contribution in [1.29, 1.82) is 0 Å². The van der Waals surface area contributed by atoms with Crippen molar-refractivity contribution in [3.63, 3.8) is 0 Å². The van der Waals surface area contributed by atoms with Gasteiger partial charge in [0, 0.05) is 13.2 Å². The van der Waals surface area contributed by atoms with Crippen molar-refractivity contribution in [2.24, 2.45) is 0 Å². The third kappa shape index (κ3) is 3.86. The van der Waals surface area contributed by atoms with Crippen LogP contribution in [0.1, 0.15) is 6.92 Å². The van der Waals surface area contributed by atoms with Gasteiger partial charge in [-0.05, 0) is 35.6 Å². The number of nitrogens with zero attached hydrogens (tertiary/aromatic N) is 2. The second-order valence-electron chi connectivity index (χ2n) is 4.49. The highest BCUT2D eigenvalue weighted by Crippen LogP contribution is 2.27. The van der Waals surface area contributed by atoms with Crippen LogP contribution in [0, 0.1) is 9.39 Å². The highest BCUT2D eigenvalue weighted by Gasteiger charge is 2.16. The summed E-state index contributed by atoms with van der Waals surface area (Å²) in [4.78, 5) is 15.2. The molecule has 0 bridgehead atoms. The average molecular weight is 424 g/mol. The molecule has 2 rings (SSSR count). The first-order valence-corrected chi connectivity index (χ1v) is 8.21. The largest absolute Gasteiger partial charge is 0.481 e. The van der Waals surface area contributed by atoms with Crippen LogP contribution in [0.3, 0.4) is 0 Å². The second-order valence-corrected chi connectivity index (χ2v) is 6.59. The van der Waals surface area contributed by atoms with Gasteiger partial charge in [0.15, 0.2) is 5.16 Å². The second kappa shape index (κ2) is 6.93. The van der Waals surface area contributed by atoms with Crippen LogP contribution in [0.15, 0.2) is 17.3 Å². The SMILES string of the molecule is COC(C)Cn1c(SCC(=O)O)nc2cc(I)c(F)cc21. The van der Waals surface area contributed by atoms with Crippen LogP contribution < -0.4 is 0 Å². The van der Waals surface area contributed by atoms with Crippen molar-refractivity contribution in [2.45, 2.75) is 24.7 Å². The van der Waals surface area contributed by atoms with Gasteiger partial charge in [0.1, 0.15) is 5.82 Å². The summed E-state index contributed by atoms with van der Waals surface area (Å²) in [6.45, 7) is 2.37. The van der Waals surface area contributed by atoms with Crippen molar-refractivity contribution in [3.05, 3.63) is 21.5 Å². The maximum atomic E-state index is 13.8. The normalized spacial score (nSPS) is 12.8. The maximum Gasteiger partial charge on any atom is 0.313 e. The van der Waals surface area contributed by atoms with Crippen LogP contribution in [0.2, 0.25) is 0 Å². The predicted molar refractivity (Wildman–Crippen MR) is 87.2 cm³/mol. The number of halogens is 2. The maximum absolute atomic E-state index is 13.8. The average Bonchev–Trinajstić information content (AvgIpc) is 2.74. The molecule has 0 aliphatic rings. The molecule has 0 aliphatic carbocycles. The Labute approximate surface area is 139 Å². The Balaban J connectivity index is 2.48. The van der Waals surface area contributed by atoms with E-state index in [1.165, 1.54) is 6.07 Å². The van der Waals surface area contributed by atoms with Gasteiger partial charge in [0.25, 0.3) is 0 Å². The number of aromatic nitrogens is 2. The van der Waals surface area contributed by atoms with Gasteiger partial charge in [-0.2, -0.15) is 0 Å². The number of methoxy groups -OCH3 is 1. The Morgan fingerprint density at radius 3 is 2.95 bits per heavy atom. The topological polar surface area (TPSA) is 64.3 Å². The first-order chi connectivity index (χ1) is 9.92. The van der Waals surface area contributed by atoms with Gasteiger partial charge in [-0.25, -0.2) is 9.37 Å². The molecule has 114 valence electrons. The summed E-state index contributed by atoms with van der Waals surface area (Å²) in [7, 11) is 1.59. The summed E-state index contributed by atoms with van der Waals surface area (Å²) in [6.07, 6.45) is -0.0890. The molecule has 0 spiro atoms. The zero-order valence-electron chi connectivity index (χ0n) is 11.5. The monoisotopic (exact) mass is 424 g/mol. The molecule has 21 heavy (non-hydrogen) atoms.